The Morgan fingerprint density at radius 3 is 2.83 bits per heavy atom. The average molecular weight is 245 g/mol. The molecule has 1 heterocycles. The van der Waals surface area contributed by atoms with Crippen molar-refractivity contribution in [3.8, 4) is 0 Å². The second-order valence-electron chi connectivity index (χ2n) is 5.87. The third-order valence-corrected chi connectivity index (χ3v) is 4.76. The van der Waals surface area contributed by atoms with Gasteiger partial charge in [0.05, 0.1) is 6.61 Å². The highest BCUT2D eigenvalue weighted by Crippen LogP contribution is 2.39. The van der Waals surface area contributed by atoms with Gasteiger partial charge in [-0.05, 0) is 49.3 Å². The van der Waals surface area contributed by atoms with Crippen LogP contribution in [0.1, 0.15) is 43.2 Å². The van der Waals surface area contributed by atoms with Gasteiger partial charge in [-0.25, -0.2) is 0 Å². The maximum atomic E-state index is 9.19. The van der Waals surface area contributed by atoms with E-state index in [2.05, 4.69) is 30.0 Å². The Morgan fingerprint density at radius 1 is 1.22 bits per heavy atom. The van der Waals surface area contributed by atoms with Crippen molar-refractivity contribution in [1.29, 1.82) is 0 Å². The van der Waals surface area contributed by atoms with Crippen LogP contribution in [0.5, 0.6) is 0 Å². The third-order valence-electron chi connectivity index (χ3n) is 4.76. The summed E-state index contributed by atoms with van der Waals surface area (Å²) >= 11 is 0. The van der Waals surface area contributed by atoms with Crippen LogP contribution in [-0.2, 0) is 6.61 Å². The maximum absolute atomic E-state index is 9.19. The molecule has 3 rings (SSSR count). The number of hydrogen-bond acceptors (Lipinski definition) is 2. The van der Waals surface area contributed by atoms with Crippen LogP contribution >= 0.6 is 0 Å². The van der Waals surface area contributed by atoms with Crippen molar-refractivity contribution in [3.05, 3.63) is 29.3 Å². The van der Waals surface area contributed by atoms with E-state index in [0.29, 0.717) is 0 Å². The Kier molecular flexibility index (Phi) is 3.29. The minimum Gasteiger partial charge on any atom is -0.392 e. The fourth-order valence-corrected chi connectivity index (χ4v) is 3.84. The smallest absolute Gasteiger partial charge is 0.0681 e. The van der Waals surface area contributed by atoms with Crippen LogP contribution < -0.4 is 4.90 Å². The largest absolute Gasteiger partial charge is 0.392 e. The lowest BCUT2D eigenvalue weighted by molar-refractivity contribution is 0.282. The maximum Gasteiger partial charge on any atom is 0.0681 e. The fraction of sp³-hybridized carbons (Fsp3) is 0.625. The summed E-state index contributed by atoms with van der Waals surface area (Å²) in [4.78, 5) is 2.63. The number of hydrogen-bond donors (Lipinski definition) is 1. The molecule has 18 heavy (non-hydrogen) atoms. The van der Waals surface area contributed by atoms with Gasteiger partial charge in [-0.15, -0.1) is 0 Å². The lowest BCUT2D eigenvalue weighted by Gasteiger charge is -2.34. The number of aliphatic hydroxyl groups is 1. The molecule has 1 saturated heterocycles. The molecule has 1 aromatic carbocycles. The first-order valence-electron chi connectivity index (χ1n) is 7.26. The monoisotopic (exact) mass is 245 g/mol. The molecule has 2 aliphatic rings. The van der Waals surface area contributed by atoms with Crippen molar-refractivity contribution >= 4 is 5.69 Å². The fourth-order valence-electron chi connectivity index (χ4n) is 3.84. The minimum atomic E-state index is 0.146. The standard InChI is InChI=1S/C16H23NO/c1-12-10-13(11-18)6-7-15(12)17-9-8-14-4-2-3-5-16(14)17/h6-7,10,14,16,18H,2-5,8-9,11H2,1H3. The molecule has 0 bridgehead atoms. The van der Waals surface area contributed by atoms with E-state index >= 15 is 0 Å². The first-order valence-corrected chi connectivity index (χ1v) is 7.26. The Hall–Kier alpha value is -1.02. The van der Waals surface area contributed by atoms with Crippen LogP contribution in [0.3, 0.4) is 0 Å². The molecule has 2 nitrogen and oxygen atoms in total. The van der Waals surface area contributed by atoms with Crippen LogP contribution in [0.4, 0.5) is 5.69 Å². The minimum absolute atomic E-state index is 0.146. The number of nitrogens with zero attached hydrogens (tertiary/aromatic N) is 1. The van der Waals surface area contributed by atoms with Crippen LogP contribution in [0.25, 0.3) is 0 Å². The Balaban J connectivity index is 1.86. The van der Waals surface area contributed by atoms with Crippen molar-refractivity contribution in [2.24, 2.45) is 5.92 Å². The van der Waals surface area contributed by atoms with E-state index < -0.39 is 0 Å². The first kappa shape index (κ1) is 12.0. The predicted octanol–water partition coefficient (Wildman–Crippen LogP) is 3.26. The number of anilines is 1. The van der Waals surface area contributed by atoms with Crippen molar-refractivity contribution in [2.75, 3.05) is 11.4 Å². The molecule has 1 aliphatic carbocycles. The summed E-state index contributed by atoms with van der Waals surface area (Å²) in [6.07, 6.45) is 6.98. The molecule has 1 aliphatic heterocycles. The molecule has 0 spiro atoms. The highest BCUT2D eigenvalue weighted by molar-refractivity contribution is 5.56. The zero-order valence-corrected chi connectivity index (χ0v) is 11.2. The molecular weight excluding hydrogens is 222 g/mol. The number of aryl methyl sites for hydroxylation is 1. The highest BCUT2D eigenvalue weighted by Gasteiger charge is 2.36. The van der Waals surface area contributed by atoms with E-state index in [1.165, 1.54) is 49.9 Å². The molecule has 1 N–H and O–H groups in total. The topological polar surface area (TPSA) is 23.5 Å². The molecular formula is C16H23NO. The lowest BCUT2D eigenvalue weighted by Crippen LogP contribution is -2.35. The third kappa shape index (κ3) is 2.03. The number of benzene rings is 1. The van der Waals surface area contributed by atoms with E-state index in [-0.39, 0.29) is 6.61 Å². The quantitative estimate of drug-likeness (QED) is 0.864. The predicted molar refractivity (Wildman–Crippen MR) is 74.8 cm³/mol. The Bertz CT molecular complexity index is 429. The number of aliphatic hydroxyl groups excluding tert-OH is 1. The van der Waals surface area contributed by atoms with Crippen LogP contribution in [0.15, 0.2) is 18.2 Å². The van der Waals surface area contributed by atoms with Crippen LogP contribution in [-0.4, -0.2) is 17.7 Å². The average Bonchev–Trinajstić information content (AvgIpc) is 2.82. The van der Waals surface area contributed by atoms with E-state index in [0.717, 1.165) is 17.5 Å². The molecule has 0 aromatic heterocycles. The number of rotatable bonds is 2. The van der Waals surface area contributed by atoms with Gasteiger partial charge in [0, 0.05) is 18.3 Å². The van der Waals surface area contributed by atoms with E-state index in [1.807, 2.05) is 0 Å². The lowest BCUT2D eigenvalue weighted by atomic mass is 9.85. The Labute approximate surface area is 110 Å². The first-order chi connectivity index (χ1) is 8.79. The van der Waals surface area contributed by atoms with Crippen molar-refractivity contribution < 1.29 is 5.11 Å². The van der Waals surface area contributed by atoms with Gasteiger partial charge in [-0.2, -0.15) is 0 Å². The highest BCUT2D eigenvalue weighted by atomic mass is 16.3. The molecule has 2 atom stereocenters. The molecule has 98 valence electrons. The zero-order chi connectivity index (χ0) is 12.5. The van der Waals surface area contributed by atoms with Crippen molar-refractivity contribution in [3.63, 3.8) is 0 Å². The van der Waals surface area contributed by atoms with Crippen molar-refractivity contribution in [1.82, 2.24) is 0 Å². The molecule has 2 fully saturated rings. The zero-order valence-electron chi connectivity index (χ0n) is 11.2. The summed E-state index contributed by atoms with van der Waals surface area (Å²) in [5, 5.41) is 9.19. The molecule has 1 saturated carbocycles. The van der Waals surface area contributed by atoms with Gasteiger partial charge in [-0.1, -0.05) is 25.0 Å². The van der Waals surface area contributed by atoms with Gasteiger partial charge >= 0.3 is 0 Å². The molecule has 0 amide bonds. The van der Waals surface area contributed by atoms with Crippen LogP contribution in [0, 0.1) is 12.8 Å². The van der Waals surface area contributed by atoms with Gasteiger partial charge in [0.25, 0.3) is 0 Å². The molecule has 0 radical (unpaired) electrons. The second kappa shape index (κ2) is 4.93. The summed E-state index contributed by atoms with van der Waals surface area (Å²) in [6.45, 7) is 3.53. The molecule has 2 heteroatoms. The molecule has 2 unspecified atom stereocenters. The van der Waals surface area contributed by atoms with Crippen molar-refractivity contribution in [2.45, 2.75) is 51.7 Å². The van der Waals surface area contributed by atoms with Gasteiger partial charge in [-0.3, -0.25) is 0 Å². The van der Waals surface area contributed by atoms with E-state index in [1.54, 1.807) is 0 Å². The van der Waals surface area contributed by atoms with E-state index in [9.17, 15) is 5.11 Å². The molecule has 1 aromatic rings. The van der Waals surface area contributed by atoms with E-state index in [4.69, 9.17) is 0 Å². The Morgan fingerprint density at radius 2 is 2.06 bits per heavy atom. The summed E-state index contributed by atoms with van der Waals surface area (Å²) in [6, 6.07) is 7.18. The van der Waals surface area contributed by atoms with Crippen LogP contribution in [0.2, 0.25) is 0 Å². The summed E-state index contributed by atoms with van der Waals surface area (Å²) in [5.41, 5.74) is 3.73. The van der Waals surface area contributed by atoms with Gasteiger partial charge in [0.2, 0.25) is 0 Å². The normalized spacial score (nSPS) is 27.3. The summed E-state index contributed by atoms with van der Waals surface area (Å²) in [7, 11) is 0. The number of fused-ring (bicyclic) bond motifs is 1. The summed E-state index contributed by atoms with van der Waals surface area (Å²) < 4.78 is 0. The second-order valence-corrected chi connectivity index (χ2v) is 5.87. The van der Waals surface area contributed by atoms with Gasteiger partial charge in [0.1, 0.15) is 0 Å². The SMILES string of the molecule is Cc1cc(CO)ccc1N1CCC2CCCCC21. The van der Waals surface area contributed by atoms with Gasteiger partial charge < -0.3 is 10.0 Å². The van der Waals surface area contributed by atoms with Gasteiger partial charge in [0.15, 0.2) is 0 Å². The summed E-state index contributed by atoms with van der Waals surface area (Å²) in [5.74, 6) is 0.927.